The molecule has 0 spiro atoms. The number of carbonyl (C=O) groups excluding carboxylic acids is 1. The zero-order valence-electron chi connectivity index (χ0n) is 18.0. The summed E-state index contributed by atoms with van der Waals surface area (Å²) >= 11 is 0. The minimum Gasteiger partial charge on any atom is -0.456 e. The molecule has 3 heterocycles. The van der Waals surface area contributed by atoms with Crippen LogP contribution in [0.3, 0.4) is 0 Å². The van der Waals surface area contributed by atoms with Gasteiger partial charge in [0, 0.05) is 31.5 Å². The molecule has 0 atom stereocenters. The van der Waals surface area contributed by atoms with Gasteiger partial charge < -0.3 is 20.4 Å². The maximum absolute atomic E-state index is 12.5. The first kappa shape index (κ1) is 22.4. The van der Waals surface area contributed by atoms with E-state index in [4.69, 9.17) is 10.5 Å². The summed E-state index contributed by atoms with van der Waals surface area (Å²) in [4.78, 5) is 37.6. The first-order chi connectivity index (χ1) is 15.4. The lowest BCUT2D eigenvalue weighted by atomic mass is 10.2. The number of nitrogens with one attached hydrogen (secondary N) is 1. The predicted octanol–water partition coefficient (Wildman–Crippen LogP) is 3.16. The Hall–Kier alpha value is -4.27. The number of carbonyl (C=O) groups is 1. The van der Waals surface area contributed by atoms with E-state index in [-0.39, 0.29) is 17.2 Å². The molecule has 0 aliphatic heterocycles. The highest BCUT2D eigenvalue weighted by Gasteiger charge is 2.14. The first-order valence-corrected chi connectivity index (χ1v) is 9.91. The van der Waals surface area contributed by atoms with Crippen LogP contribution >= 0.6 is 0 Å². The second-order valence-electron chi connectivity index (χ2n) is 7.01. The summed E-state index contributed by atoms with van der Waals surface area (Å²) in [5.74, 6) is 0.778. The van der Waals surface area contributed by atoms with E-state index in [0.29, 0.717) is 28.7 Å². The van der Waals surface area contributed by atoms with E-state index in [2.05, 4.69) is 20.3 Å². The van der Waals surface area contributed by atoms with E-state index in [1.807, 2.05) is 13.8 Å². The van der Waals surface area contributed by atoms with Crippen LogP contribution in [0.4, 0.5) is 5.82 Å². The largest absolute Gasteiger partial charge is 0.456 e. The standard InChI is InChI=1S/C23H24N6O3/c1-15(2)29-12-4-5-18(23(29)31)22(30)28-21-7-6-17(14-27-21)32-16-9-11-26-20(13-16)19(25-3)8-10-24/h4-15H,24H2,1-3H3,(H,27,28,30). The number of hydrogen-bond acceptors (Lipinski definition) is 7. The number of anilines is 1. The maximum Gasteiger partial charge on any atom is 0.263 e. The molecule has 0 fully saturated rings. The summed E-state index contributed by atoms with van der Waals surface area (Å²) in [6, 6.07) is 9.79. The summed E-state index contributed by atoms with van der Waals surface area (Å²) in [6.07, 6.45) is 7.77. The van der Waals surface area contributed by atoms with Crippen LogP contribution in [0.2, 0.25) is 0 Å². The van der Waals surface area contributed by atoms with Crippen molar-refractivity contribution in [3.05, 3.63) is 88.9 Å². The van der Waals surface area contributed by atoms with Crippen molar-refractivity contribution < 1.29 is 9.53 Å². The highest BCUT2D eigenvalue weighted by atomic mass is 16.5. The monoisotopic (exact) mass is 432 g/mol. The van der Waals surface area contributed by atoms with Crippen molar-refractivity contribution in [1.29, 1.82) is 0 Å². The molecule has 0 aliphatic rings. The molecule has 0 aliphatic carbocycles. The second-order valence-corrected chi connectivity index (χ2v) is 7.01. The average molecular weight is 432 g/mol. The quantitative estimate of drug-likeness (QED) is 0.553. The molecule has 9 nitrogen and oxygen atoms in total. The van der Waals surface area contributed by atoms with Gasteiger partial charge in [0.2, 0.25) is 0 Å². The number of aliphatic imine (C=N–C) groups is 1. The Morgan fingerprint density at radius 1 is 1.22 bits per heavy atom. The van der Waals surface area contributed by atoms with Crippen molar-refractivity contribution in [3.8, 4) is 11.5 Å². The van der Waals surface area contributed by atoms with Gasteiger partial charge in [-0.3, -0.25) is 19.6 Å². The van der Waals surface area contributed by atoms with Crippen LogP contribution < -0.4 is 21.3 Å². The van der Waals surface area contributed by atoms with E-state index < -0.39 is 5.91 Å². The van der Waals surface area contributed by atoms with E-state index in [9.17, 15) is 9.59 Å². The summed E-state index contributed by atoms with van der Waals surface area (Å²) in [5.41, 5.74) is 6.36. The molecule has 3 N–H and O–H groups in total. The van der Waals surface area contributed by atoms with Gasteiger partial charge in [0.25, 0.3) is 11.5 Å². The van der Waals surface area contributed by atoms with E-state index in [1.165, 1.54) is 23.0 Å². The summed E-state index contributed by atoms with van der Waals surface area (Å²) in [7, 11) is 1.65. The first-order valence-electron chi connectivity index (χ1n) is 9.91. The molecule has 3 aromatic rings. The molecule has 0 bridgehead atoms. The Bertz CT molecular complexity index is 1210. The summed E-state index contributed by atoms with van der Waals surface area (Å²) in [5, 5.41) is 2.64. The van der Waals surface area contributed by atoms with Crippen LogP contribution in [0.1, 0.15) is 35.9 Å². The Morgan fingerprint density at radius 3 is 2.69 bits per heavy atom. The number of aromatic nitrogens is 3. The number of pyridine rings is 3. The third-order valence-electron chi connectivity index (χ3n) is 4.48. The van der Waals surface area contributed by atoms with Gasteiger partial charge in [0.15, 0.2) is 0 Å². The fraction of sp³-hybridized carbons (Fsp3) is 0.174. The molecule has 3 rings (SSSR count). The zero-order chi connectivity index (χ0) is 23.1. The molecule has 9 heteroatoms. The lowest BCUT2D eigenvalue weighted by Crippen LogP contribution is -2.29. The smallest absolute Gasteiger partial charge is 0.263 e. The molecule has 0 saturated carbocycles. The molecule has 0 saturated heterocycles. The minimum atomic E-state index is -0.524. The summed E-state index contributed by atoms with van der Waals surface area (Å²) in [6.45, 7) is 3.75. The van der Waals surface area contributed by atoms with Crippen molar-refractivity contribution in [2.24, 2.45) is 10.7 Å². The zero-order valence-corrected chi connectivity index (χ0v) is 18.0. The van der Waals surface area contributed by atoms with E-state index in [0.717, 1.165) is 0 Å². The number of nitrogens with two attached hydrogens (primary N) is 1. The number of hydrogen-bond donors (Lipinski definition) is 2. The maximum atomic E-state index is 12.5. The van der Waals surface area contributed by atoms with Crippen molar-refractivity contribution in [1.82, 2.24) is 14.5 Å². The molecule has 1 amide bonds. The van der Waals surface area contributed by atoms with Crippen LogP contribution in [-0.4, -0.2) is 33.2 Å². The number of amides is 1. The molecule has 0 aromatic carbocycles. The lowest BCUT2D eigenvalue weighted by Gasteiger charge is -2.11. The fourth-order valence-corrected chi connectivity index (χ4v) is 2.90. The van der Waals surface area contributed by atoms with E-state index >= 15 is 0 Å². The molecular formula is C23H24N6O3. The lowest BCUT2D eigenvalue weighted by molar-refractivity contribution is 0.102. The van der Waals surface area contributed by atoms with Gasteiger partial charge in [-0.25, -0.2) is 4.98 Å². The number of rotatable bonds is 7. The van der Waals surface area contributed by atoms with Gasteiger partial charge in [0.1, 0.15) is 22.9 Å². The Balaban J connectivity index is 1.72. The Labute approximate surface area is 185 Å². The van der Waals surface area contributed by atoms with Gasteiger partial charge in [-0.1, -0.05) is 0 Å². The van der Waals surface area contributed by atoms with Crippen LogP contribution in [0.25, 0.3) is 0 Å². The highest BCUT2D eigenvalue weighted by Crippen LogP contribution is 2.22. The summed E-state index contributed by atoms with van der Waals surface area (Å²) < 4.78 is 7.32. The number of allylic oxidation sites excluding steroid dienone is 1. The van der Waals surface area contributed by atoms with Crippen LogP contribution in [0, 0.1) is 0 Å². The molecule has 164 valence electrons. The van der Waals surface area contributed by atoms with Crippen LogP contribution in [0.15, 0.2) is 77.1 Å². The third-order valence-corrected chi connectivity index (χ3v) is 4.48. The van der Waals surface area contributed by atoms with E-state index in [1.54, 1.807) is 55.8 Å². The van der Waals surface area contributed by atoms with Crippen molar-refractivity contribution in [3.63, 3.8) is 0 Å². The average Bonchev–Trinajstić information content (AvgIpc) is 2.79. The van der Waals surface area contributed by atoms with Crippen molar-refractivity contribution in [2.45, 2.75) is 19.9 Å². The van der Waals surface area contributed by atoms with Gasteiger partial charge in [-0.05, 0) is 56.5 Å². The van der Waals surface area contributed by atoms with Gasteiger partial charge in [0.05, 0.1) is 17.6 Å². The number of nitrogens with zero attached hydrogens (tertiary/aromatic N) is 4. The highest BCUT2D eigenvalue weighted by molar-refractivity contribution is 6.07. The second kappa shape index (κ2) is 10.2. The molecule has 0 unspecified atom stereocenters. The normalized spacial score (nSPS) is 11.7. The van der Waals surface area contributed by atoms with Crippen LogP contribution in [-0.2, 0) is 0 Å². The molecule has 0 radical (unpaired) electrons. The van der Waals surface area contributed by atoms with Gasteiger partial charge in [-0.15, -0.1) is 0 Å². The van der Waals surface area contributed by atoms with Crippen molar-refractivity contribution >= 4 is 17.4 Å². The molecule has 3 aromatic heterocycles. The SMILES string of the molecule is CN=C(C=CN)c1cc(Oc2ccc(NC(=O)c3cccn(C(C)C)c3=O)nc2)ccn1. The Kier molecular flexibility index (Phi) is 7.12. The third kappa shape index (κ3) is 5.25. The van der Waals surface area contributed by atoms with Gasteiger partial charge in [-0.2, -0.15) is 0 Å². The number of ether oxygens (including phenoxy) is 1. The predicted molar refractivity (Wildman–Crippen MR) is 123 cm³/mol. The topological polar surface area (TPSA) is 124 Å². The fourth-order valence-electron chi connectivity index (χ4n) is 2.90. The molecule has 32 heavy (non-hydrogen) atoms. The van der Waals surface area contributed by atoms with Crippen molar-refractivity contribution in [2.75, 3.05) is 12.4 Å². The van der Waals surface area contributed by atoms with Crippen LogP contribution in [0.5, 0.6) is 11.5 Å². The molecular weight excluding hydrogens is 408 g/mol. The van der Waals surface area contributed by atoms with Gasteiger partial charge >= 0.3 is 0 Å². The minimum absolute atomic E-state index is 0.0487. The Morgan fingerprint density at radius 2 is 2.03 bits per heavy atom.